The normalized spacial score (nSPS) is 21.4. The number of benzene rings is 3. The molecule has 1 aliphatic heterocycles. The van der Waals surface area contributed by atoms with E-state index in [1.807, 2.05) is 55.5 Å². The van der Waals surface area contributed by atoms with Gasteiger partial charge in [-0.25, -0.2) is 13.1 Å². The molecule has 39 heavy (non-hydrogen) atoms. The second-order valence-corrected chi connectivity index (χ2v) is 13.7. The number of hydrogen-bond acceptors (Lipinski definition) is 5. The molecule has 0 aromatic heterocycles. The van der Waals surface area contributed by atoms with Crippen molar-refractivity contribution in [2.75, 3.05) is 6.61 Å². The quantitative estimate of drug-likeness (QED) is 0.295. The van der Waals surface area contributed by atoms with Gasteiger partial charge in [-0.15, -0.1) is 0 Å². The first-order valence-electron chi connectivity index (χ1n) is 12.5. The molecule has 2 N–H and O–H groups in total. The first-order valence-corrected chi connectivity index (χ1v) is 15.1. The molecular weight excluding hydrogens is 577 g/mol. The van der Waals surface area contributed by atoms with Crippen molar-refractivity contribution in [1.29, 1.82) is 0 Å². The molecule has 0 bridgehead atoms. The molecule has 3 aromatic carbocycles. The molecule has 2 unspecified atom stereocenters. The summed E-state index contributed by atoms with van der Waals surface area (Å²) in [6.45, 7) is 11.4. The van der Waals surface area contributed by atoms with Crippen LogP contribution >= 0.6 is 34.8 Å². The molecule has 1 aliphatic rings. The van der Waals surface area contributed by atoms with E-state index in [4.69, 9.17) is 44.5 Å². The molecule has 0 amide bonds. The lowest BCUT2D eigenvalue weighted by atomic mass is 9.72. The predicted molar refractivity (Wildman–Crippen MR) is 160 cm³/mol. The molecule has 1 heterocycles. The molecule has 4 rings (SSSR count). The zero-order valence-electron chi connectivity index (χ0n) is 22.7. The SMILES string of the molecule is CCOc1c(C2=NC(C)(c3ccc(Cl)cc3)C(C)(c3ccc(Cl)cc3)N2)ccc(Cl)c1S(=O)(=O)NC(C)(C)C. The lowest BCUT2D eigenvalue weighted by Crippen LogP contribution is -2.50. The minimum atomic E-state index is -4.04. The lowest BCUT2D eigenvalue weighted by molar-refractivity contribution is 0.268. The lowest BCUT2D eigenvalue weighted by Gasteiger charge is -2.40. The zero-order valence-corrected chi connectivity index (χ0v) is 25.8. The van der Waals surface area contributed by atoms with E-state index in [0.717, 1.165) is 11.1 Å². The highest BCUT2D eigenvalue weighted by atomic mass is 35.5. The summed E-state index contributed by atoms with van der Waals surface area (Å²) < 4.78 is 35.7. The number of nitrogens with one attached hydrogen (secondary N) is 2. The van der Waals surface area contributed by atoms with Crippen LogP contribution in [0.2, 0.25) is 15.1 Å². The van der Waals surface area contributed by atoms with Crippen LogP contribution in [0.5, 0.6) is 5.75 Å². The van der Waals surface area contributed by atoms with Gasteiger partial charge in [-0.1, -0.05) is 59.1 Å². The number of hydrogen-bond donors (Lipinski definition) is 2. The highest BCUT2D eigenvalue weighted by Crippen LogP contribution is 2.49. The predicted octanol–water partition coefficient (Wildman–Crippen LogP) is 7.30. The first kappa shape index (κ1) is 29.7. The van der Waals surface area contributed by atoms with Gasteiger partial charge >= 0.3 is 0 Å². The summed E-state index contributed by atoms with van der Waals surface area (Å²) >= 11 is 18.9. The second kappa shape index (κ2) is 10.6. The Morgan fingerprint density at radius 1 is 0.897 bits per heavy atom. The maximum Gasteiger partial charge on any atom is 0.246 e. The van der Waals surface area contributed by atoms with E-state index in [2.05, 4.69) is 17.0 Å². The van der Waals surface area contributed by atoms with Crippen LogP contribution in [0.25, 0.3) is 0 Å². The Hall–Kier alpha value is -2.29. The van der Waals surface area contributed by atoms with Gasteiger partial charge in [-0.05, 0) is 89.1 Å². The number of nitrogens with zero attached hydrogens (tertiary/aromatic N) is 1. The molecule has 2 atom stereocenters. The van der Waals surface area contributed by atoms with Gasteiger partial charge in [0.15, 0.2) is 5.75 Å². The molecule has 0 aliphatic carbocycles. The maximum atomic E-state index is 13.5. The second-order valence-electron chi connectivity index (χ2n) is 10.8. The minimum Gasteiger partial charge on any atom is -0.492 e. The average Bonchev–Trinajstić information content (AvgIpc) is 3.10. The molecule has 0 saturated carbocycles. The minimum absolute atomic E-state index is 0.0541. The summed E-state index contributed by atoms with van der Waals surface area (Å²) in [5.74, 6) is 0.601. The Kier molecular flexibility index (Phi) is 8.07. The van der Waals surface area contributed by atoms with E-state index in [1.54, 1.807) is 39.8 Å². The van der Waals surface area contributed by atoms with Crippen molar-refractivity contribution >= 4 is 50.7 Å². The van der Waals surface area contributed by atoms with E-state index in [1.165, 1.54) is 0 Å². The number of rotatable bonds is 7. The summed E-state index contributed by atoms with van der Waals surface area (Å²) in [6.07, 6.45) is 0. The number of sulfonamides is 1. The van der Waals surface area contributed by atoms with Gasteiger partial charge in [-0.2, -0.15) is 0 Å². The maximum absolute atomic E-state index is 13.5. The van der Waals surface area contributed by atoms with Crippen LogP contribution in [0.3, 0.4) is 0 Å². The summed E-state index contributed by atoms with van der Waals surface area (Å²) in [4.78, 5) is 5.08. The monoisotopic (exact) mass is 607 g/mol. The number of amidine groups is 1. The van der Waals surface area contributed by atoms with Crippen molar-refractivity contribution in [3.05, 3.63) is 92.4 Å². The smallest absolute Gasteiger partial charge is 0.246 e. The Balaban J connectivity index is 1.97. The van der Waals surface area contributed by atoms with Crippen molar-refractivity contribution in [2.45, 2.75) is 63.1 Å². The number of aliphatic imine (C=N–C) groups is 1. The number of ether oxygens (including phenoxy) is 1. The van der Waals surface area contributed by atoms with Crippen molar-refractivity contribution in [3.8, 4) is 5.75 Å². The fraction of sp³-hybridized carbons (Fsp3) is 0.345. The van der Waals surface area contributed by atoms with Gasteiger partial charge in [0.05, 0.1) is 22.7 Å². The van der Waals surface area contributed by atoms with Crippen molar-refractivity contribution in [1.82, 2.24) is 10.0 Å². The van der Waals surface area contributed by atoms with Crippen molar-refractivity contribution in [2.24, 2.45) is 4.99 Å². The Morgan fingerprint density at radius 2 is 1.44 bits per heavy atom. The zero-order chi connectivity index (χ0) is 28.8. The molecule has 208 valence electrons. The van der Waals surface area contributed by atoms with Crippen LogP contribution in [0, 0.1) is 0 Å². The van der Waals surface area contributed by atoms with Crippen LogP contribution in [0.4, 0.5) is 0 Å². The molecular formula is C29H32Cl3N3O3S. The first-order chi connectivity index (χ1) is 18.1. The van der Waals surface area contributed by atoms with Gasteiger partial charge < -0.3 is 10.1 Å². The van der Waals surface area contributed by atoms with E-state index in [-0.39, 0.29) is 22.3 Å². The third kappa shape index (κ3) is 5.66. The third-order valence-electron chi connectivity index (χ3n) is 6.82. The Labute approximate surface area is 245 Å². The molecule has 6 nitrogen and oxygen atoms in total. The highest BCUT2D eigenvalue weighted by Gasteiger charge is 2.53. The fourth-order valence-electron chi connectivity index (χ4n) is 4.83. The molecule has 10 heteroatoms. The van der Waals surface area contributed by atoms with Crippen LogP contribution in [-0.2, 0) is 21.1 Å². The third-order valence-corrected chi connectivity index (χ3v) is 9.58. The molecule has 0 spiro atoms. The van der Waals surface area contributed by atoms with E-state index >= 15 is 0 Å². The molecule has 0 radical (unpaired) electrons. The van der Waals surface area contributed by atoms with Gasteiger partial charge in [0, 0.05) is 15.6 Å². The Bertz CT molecular complexity index is 1520. The number of halogens is 3. The standard InChI is InChI=1S/C29H32Cl3N3O3S/c1-7-38-24-22(16-17-23(32)25(24)39(36,37)35-27(2,3)4)26-33-28(5,18-8-12-20(30)13-9-18)29(6,34-26)19-10-14-21(31)15-11-19/h8-17,35H,7H2,1-6H3,(H,33,34). The van der Waals surface area contributed by atoms with Crippen molar-refractivity contribution in [3.63, 3.8) is 0 Å². The van der Waals surface area contributed by atoms with Crippen molar-refractivity contribution < 1.29 is 13.2 Å². The summed E-state index contributed by atoms with van der Waals surface area (Å²) in [7, 11) is -4.04. The summed E-state index contributed by atoms with van der Waals surface area (Å²) in [5, 5.41) is 4.89. The fourth-order valence-corrected chi connectivity index (χ4v) is 7.18. The van der Waals surface area contributed by atoms with Gasteiger partial charge in [0.1, 0.15) is 16.3 Å². The van der Waals surface area contributed by atoms with E-state index in [9.17, 15) is 8.42 Å². The summed E-state index contributed by atoms with van der Waals surface area (Å²) in [6, 6.07) is 18.4. The van der Waals surface area contributed by atoms with Gasteiger partial charge in [-0.3, -0.25) is 4.99 Å². The largest absolute Gasteiger partial charge is 0.492 e. The summed E-state index contributed by atoms with van der Waals surface area (Å²) in [5.41, 5.74) is 0.0243. The van der Waals surface area contributed by atoms with E-state index < -0.39 is 26.6 Å². The van der Waals surface area contributed by atoms with Crippen LogP contribution in [0.1, 0.15) is 58.2 Å². The Morgan fingerprint density at radius 3 is 1.95 bits per heavy atom. The van der Waals surface area contributed by atoms with E-state index in [0.29, 0.717) is 21.4 Å². The van der Waals surface area contributed by atoms with Crippen LogP contribution < -0.4 is 14.8 Å². The molecule has 3 aromatic rings. The average molecular weight is 609 g/mol. The van der Waals surface area contributed by atoms with Gasteiger partial charge in [0.2, 0.25) is 10.0 Å². The topological polar surface area (TPSA) is 79.8 Å². The van der Waals surface area contributed by atoms with Crippen LogP contribution in [0.15, 0.2) is 70.6 Å². The van der Waals surface area contributed by atoms with Crippen LogP contribution in [-0.4, -0.2) is 26.4 Å². The molecule has 0 saturated heterocycles. The van der Waals surface area contributed by atoms with Gasteiger partial charge in [0.25, 0.3) is 0 Å². The molecule has 0 fully saturated rings. The highest BCUT2D eigenvalue weighted by molar-refractivity contribution is 7.89.